The molecule has 0 unspecified atom stereocenters. The maximum Gasteiger partial charge on any atom is 0.142 e. The van der Waals surface area contributed by atoms with Crippen molar-refractivity contribution in [3.63, 3.8) is 0 Å². The van der Waals surface area contributed by atoms with Gasteiger partial charge in [0.2, 0.25) is 0 Å². The molecule has 0 heterocycles. The lowest BCUT2D eigenvalue weighted by atomic mass is 10.2. The minimum atomic E-state index is -0.272. The highest BCUT2D eigenvalue weighted by atomic mass is 79.9. The van der Waals surface area contributed by atoms with Gasteiger partial charge in [0.15, 0.2) is 0 Å². The fraction of sp³-hybridized carbons (Fsp3) is 0.200. The summed E-state index contributed by atoms with van der Waals surface area (Å²) >= 11 is 9.17. The molecular weight excluding hydrogens is 345 g/mol. The first-order valence-corrected chi connectivity index (χ1v) is 7.37. The van der Waals surface area contributed by atoms with Crippen molar-refractivity contribution < 1.29 is 9.13 Å². The van der Waals surface area contributed by atoms with Crippen LogP contribution in [-0.2, 0) is 6.54 Å². The lowest BCUT2D eigenvalue weighted by Crippen LogP contribution is -2.03. The highest BCUT2D eigenvalue weighted by Gasteiger charge is 2.05. The monoisotopic (exact) mass is 357 g/mol. The summed E-state index contributed by atoms with van der Waals surface area (Å²) < 4.78 is 19.2. The molecule has 106 valence electrons. The second kappa shape index (κ2) is 6.95. The third-order valence-electron chi connectivity index (χ3n) is 2.71. The van der Waals surface area contributed by atoms with Crippen molar-refractivity contribution >= 4 is 33.2 Å². The normalized spacial score (nSPS) is 10.4. The first kappa shape index (κ1) is 15.1. The molecule has 0 spiro atoms. The van der Waals surface area contributed by atoms with Gasteiger partial charge in [-0.2, -0.15) is 0 Å². The Morgan fingerprint density at radius 3 is 2.75 bits per heavy atom. The van der Waals surface area contributed by atoms with Crippen LogP contribution in [0.3, 0.4) is 0 Å². The molecule has 0 fully saturated rings. The number of benzene rings is 2. The van der Waals surface area contributed by atoms with E-state index < -0.39 is 0 Å². The number of anilines is 1. The molecule has 0 saturated carbocycles. The predicted molar refractivity (Wildman–Crippen MR) is 84.0 cm³/mol. The molecule has 0 aliphatic heterocycles. The molecule has 0 bridgehead atoms. The van der Waals surface area contributed by atoms with Crippen LogP contribution in [0.2, 0.25) is 5.02 Å². The predicted octanol–water partition coefficient (Wildman–Crippen LogP) is 5.25. The highest BCUT2D eigenvalue weighted by Crippen LogP contribution is 2.28. The van der Waals surface area contributed by atoms with E-state index in [0.717, 1.165) is 17.0 Å². The first-order chi connectivity index (χ1) is 9.60. The van der Waals surface area contributed by atoms with Gasteiger partial charge < -0.3 is 10.1 Å². The number of nitrogens with one attached hydrogen (secondary N) is 1. The Kier molecular flexibility index (Phi) is 5.26. The molecule has 5 heteroatoms. The fourth-order valence-electron chi connectivity index (χ4n) is 1.77. The molecule has 2 aromatic carbocycles. The van der Waals surface area contributed by atoms with E-state index >= 15 is 0 Å². The summed E-state index contributed by atoms with van der Waals surface area (Å²) in [6, 6.07) is 10.3. The average molecular weight is 359 g/mol. The third kappa shape index (κ3) is 3.87. The minimum absolute atomic E-state index is 0.272. The second-order valence-electron chi connectivity index (χ2n) is 4.18. The van der Waals surface area contributed by atoms with Crippen molar-refractivity contribution in [2.24, 2.45) is 0 Å². The Balaban J connectivity index is 2.13. The zero-order valence-electron chi connectivity index (χ0n) is 10.9. The van der Waals surface area contributed by atoms with Gasteiger partial charge in [0.25, 0.3) is 0 Å². The molecule has 0 aromatic heterocycles. The van der Waals surface area contributed by atoms with E-state index in [-0.39, 0.29) is 5.82 Å². The van der Waals surface area contributed by atoms with E-state index in [0.29, 0.717) is 22.6 Å². The molecule has 1 N–H and O–H groups in total. The van der Waals surface area contributed by atoms with Crippen molar-refractivity contribution in [1.82, 2.24) is 0 Å². The zero-order chi connectivity index (χ0) is 14.5. The molecule has 0 saturated heterocycles. The molecule has 0 atom stereocenters. The lowest BCUT2D eigenvalue weighted by Gasteiger charge is -2.13. The van der Waals surface area contributed by atoms with Crippen LogP contribution in [0.15, 0.2) is 40.9 Å². The number of hydrogen-bond donors (Lipinski definition) is 1. The summed E-state index contributed by atoms with van der Waals surface area (Å²) in [5.41, 5.74) is 1.78. The Morgan fingerprint density at radius 1 is 1.25 bits per heavy atom. The van der Waals surface area contributed by atoms with Crippen molar-refractivity contribution in [1.29, 1.82) is 0 Å². The summed E-state index contributed by atoms with van der Waals surface area (Å²) in [6.45, 7) is 3.06. The van der Waals surface area contributed by atoms with Crippen LogP contribution in [0.1, 0.15) is 12.5 Å². The SMILES string of the molecule is CCOc1ccc(Cl)cc1NCc1ccc(F)c(Br)c1. The van der Waals surface area contributed by atoms with E-state index in [2.05, 4.69) is 21.2 Å². The van der Waals surface area contributed by atoms with Crippen LogP contribution in [0.4, 0.5) is 10.1 Å². The zero-order valence-corrected chi connectivity index (χ0v) is 13.3. The summed E-state index contributed by atoms with van der Waals surface area (Å²) in [6.07, 6.45) is 0. The third-order valence-corrected chi connectivity index (χ3v) is 3.55. The Hall–Kier alpha value is -1.26. The van der Waals surface area contributed by atoms with Gasteiger partial charge in [-0.25, -0.2) is 4.39 Å². The molecule has 0 amide bonds. The van der Waals surface area contributed by atoms with Gasteiger partial charge in [0.05, 0.1) is 16.8 Å². The molecule has 2 rings (SSSR count). The Bertz CT molecular complexity index is 606. The standard InChI is InChI=1S/C15H14BrClFNO/c1-2-20-15-6-4-11(17)8-14(15)19-9-10-3-5-13(18)12(16)7-10/h3-8,19H,2,9H2,1H3. The Morgan fingerprint density at radius 2 is 2.05 bits per heavy atom. The van der Waals surface area contributed by atoms with Gasteiger partial charge in [0.1, 0.15) is 11.6 Å². The molecule has 0 radical (unpaired) electrons. The van der Waals surface area contributed by atoms with Crippen LogP contribution >= 0.6 is 27.5 Å². The van der Waals surface area contributed by atoms with Crippen LogP contribution in [0.25, 0.3) is 0 Å². The lowest BCUT2D eigenvalue weighted by molar-refractivity contribution is 0.341. The topological polar surface area (TPSA) is 21.3 Å². The largest absolute Gasteiger partial charge is 0.492 e. The second-order valence-corrected chi connectivity index (χ2v) is 5.47. The average Bonchev–Trinajstić information content (AvgIpc) is 2.43. The maximum atomic E-state index is 13.2. The number of hydrogen-bond acceptors (Lipinski definition) is 2. The van der Waals surface area contributed by atoms with E-state index in [1.165, 1.54) is 6.07 Å². The van der Waals surface area contributed by atoms with Gasteiger partial charge in [-0.1, -0.05) is 17.7 Å². The van der Waals surface area contributed by atoms with E-state index in [9.17, 15) is 4.39 Å². The van der Waals surface area contributed by atoms with Crippen LogP contribution in [-0.4, -0.2) is 6.61 Å². The van der Waals surface area contributed by atoms with Crippen LogP contribution < -0.4 is 10.1 Å². The molecular formula is C15H14BrClFNO. The van der Waals surface area contributed by atoms with Gasteiger partial charge in [-0.05, 0) is 58.7 Å². The fourth-order valence-corrected chi connectivity index (χ4v) is 2.37. The van der Waals surface area contributed by atoms with Gasteiger partial charge in [-0.15, -0.1) is 0 Å². The van der Waals surface area contributed by atoms with Gasteiger partial charge in [0, 0.05) is 11.6 Å². The molecule has 0 aliphatic rings. The molecule has 2 aromatic rings. The number of halogens is 3. The quantitative estimate of drug-likeness (QED) is 0.788. The summed E-state index contributed by atoms with van der Waals surface area (Å²) in [4.78, 5) is 0. The van der Waals surface area contributed by atoms with E-state index in [1.54, 1.807) is 18.2 Å². The number of rotatable bonds is 5. The van der Waals surface area contributed by atoms with Crippen molar-refractivity contribution in [3.8, 4) is 5.75 Å². The maximum absolute atomic E-state index is 13.2. The molecule has 0 aliphatic carbocycles. The first-order valence-electron chi connectivity index (χ1n) is 6.20. The van der Waals surface area contributed by atoms with Gasteiger partial charge in [-0.3, -0.25) is 0 Å². The smallest absolute Gasteiger partial charge is 0.142 e. The van der Waals surface area contributed by atoms with Crippen molar-refractivity contribution in [3.05, 3.63) is 57.3 Å². The summed E-state index contributed by atoms with van der Waals surface area (Å²) in [7, 11) is 0. The van der Waals surface area contributed by atoms with Crippen molar-refractivity contribution in [2.45, 2.75) is 13.5 Å². The van der Waals surface area contributed by atoms with Gasteiger partial charge >= 0.3 is 0 Å². The highest BCUT2D eigenvalue weighted by molar-refractivity contribution is 9.10. The Labute approximate surface area is 131 Å². The van der Waals surface area contributed by atoms with E-state index in [1.807, 2.05) is 19.1 Å². The number of ether oxygens (including phenoxy) is 1. The summed E-state index contributed by atoms with van der Waals surface area (Å²) in [5.74, 6) is 0.476. The molecule has 20 heavy (non-hydrogen) atoms. The van der Waals surface area contributed by atoms with E-state index in [4.69, 9.17) is 16.3 Å². The van der Waals surface area contributed by atoms with Crippen LogP contribution in [0, 0.1) is 5.82 Å². The molecule has 2 nitrogen and oxygen atoms in total. The summed E-state index contributed by atoms with van der Waals surface area (Å²) in [5, 5.41) is 3.88. The van der Waals surface area contributed by atoms with Crippen molar-refractivity contribution in [2.75, 3.05) is 11.9 Å². The minimum Gasteiger partial charge on any atom is -0.492 e. The van der Waals surface area contributed by atoms with Crippen LogP contribution in [0.5, 0.6) is 5.75 Å².